The van der Waals surface area contributed by atoms with Crippen LogP contribution in [-0.2, 0) is 10.5 Å². The molecule has 4 nitrogen and oxygen atoms in total. The van der Waals surface area contributed by atoms with Gasteiger partial charge in [0.2, 0.25) is 0 Å². The number of rotatable bonds is 5. The molecule has 0 saturated carbocycles. The Balaban J connectivity index is 1.93. The minimum Gasteiger partial charge on any atom is -0.381 e. The van der Waals surface area contributed by atoms with Crippen LogP contribution in [-0.4, -0.2) is 44.0 Å². The standard InChI is InChI=1S/C15H21ClN2O2S/c1-18(8-11-5-6-20-9-11)15(19)17-13-3-4-14(16)12(7-13)10-21-2/h3-4,7,11H,5-6,8-10H2,1-2H3,(H,17,19)/t11-/m1/s1. The third-order valence-corrected chi connectivity index (χ3v) is 4.47. The Kier molecular flexibility index (Phi) is 6.21. The number of carbonyl (C=O) groups is 1. The van der Waals surface area contributed by atoms with Gasteiger partial charge in [-0.25, -0.2) is 4.79 Å². The van der Waals surface area contributed by atoms with Gasteiger partial charge in [0.15, 0.2) is 0 Å². The van der Waals surface area contributed by atoms with E-state index < -0.39 is 0 Å². The predicted molar refractivity (Wildman–Crippen MR) is 89.2 cm³/mol. The molecule has 6 heteroatoms. The summed E-state index contributed by atoms with van der Waals surface area (Å²) in [5.74, 6) is 1.27. The Hall–Kier alpha value is -0.910. The fourth-order valence-corrected chi connectivity index (χ4v) is 3.15. The van der Waals surface area contributed by atoms with Crippen LogP contribution >= 0.6 is 23.4 Å². The monoisotopic (exact) mass is 328 g/mol. The average Bonchev–Trinajstić information content (AvgIpc) is 2.95. The number of nitrogens with zero attached hydrogens (tertiary/aromatic N) is 1. The van der Waals surface area contributed by atoms with Crippen LogP contribution in [0.25, 0.3) is 0 Å². The average molecular weight is 329 g/mol. The normalized spacial score (nSPS) is 17.8. The van der Waals surface area contributed by atoms with Crippen molar-refractivity contribution in [3.8, 4) is 0 Å². The maximum absolute atomic E-state index is 12.2. The van der Waals surface area contributed by atoms with Crippen molar-refractivity contribution >= 4 is 35.1 Å². The number of thioether (sulfide) groups is 1. The van der Waals surface area contributed by atoms with Crippen molar-refractivity contribution in [1.29, 1.82) is 0 Å². The fraction of sp³-hybridized carbons (Fsp3) is 0.533. The Morgan fingerprint density at radius 2 is 2.38 bits per heavy atom. The van der Waals surface area contributed by atoms with Crippen LogP contribution in [0.15, 0.2) is 18.2 Å². The predicted octanol–water partition coefficient (Wildman–Crippen LogP) is 3.70. The summed E-state index contributed by atoms with van der Waals surface area (Å²) in [6, 6.07) is 5.49. The van der Waals surface area contributed by atoms with E-state index in [0.717, 1.165) is 48.2 Å². The van der Waals surface area contributed by atoms with Gasteiger partial charge in [-0.05, 0) is 36.4 Å². The number of nitrogens with one attached hydrogen (secondary N) is 1. The zero-order chi connectivity index (χ0) is 15.2. The van der Waals surface area contributed by atoms with E-state index in [4.69, 9.17) is 16.3 Å². The number of hydrogen-bond donors (Lipinski definition) is 1. The third kappa shape index (κ3) is 4.80. The SMILES string of the molecule is CSCc1cc(NC(=O)N(C)C[C@H]2CCOC2)ccc1Cl. The van der Waals surface area contributed by atoms with E-state index in [1.165, 1.54) is 0 Å². The summed E-state index contributed by atoms with van der Waals surface area (Å²) in [6.07, 6.45) is 3.05. The zero-order valence-corrected chi connectivity index (χ0v) is 14.0. The minimum absolute atomic E-state index is 0.0978. The summed E-state index contributed by atoms with van der Waals surface area (Å²) in [5.41, 5.74) is 1.82. The number of hydrogen-bond acceptors (Lipinski definition) is 3. The van der Waals surface area contributed by atoms with Crippen LogP contribution in [0, 0.1) is 5.92 Å². The molecule has 0 spiro atoms. The largest absolute Gasteiger partial charge is 0.381 e. The zero-order valence-electron chi connectivity index (χ0n) is 12.4. The molecule has 1 atom stereocenters. The van der Waals surface area contributed by atoms with Gasteiger partial charge in [0.25, 0.3) is 0 Å². The van der Waals surface area contributed by atoms with Crippen molar-refractivity contribution in [2.24, 2.45) is 5.92 Å². The summed E-state index contributed by atoms with van der Waals surface area (Å²) < 4.78 is 5.34. The first-order valence-electron chi connectivity index (χ1n) is 6.97. The van der Waals surface area contributed by atoms with Crippen molar-refractivity contribution in [2.75, 3.05) is 38.4 Å². The number of anilines is 1. The highest BCUT2D eigenvalue weighted by molar-refractivity contribution is 7.97. The molecule has 2 amide bonds. The van der Waals surface area contributed by atoms with Crippen molar-refractivity contribution in [3.63, 3.8) is 0 Å². The summed E-state index contributed by atoms with van der Waals surface area (Å²) in [5, 5.41) is 3.65. The highest BCUT2D eigenvalue weighted by Crippen LogP contribution is 2.24. The molecule has 0 aromatic heterocycles. The molecular formula is C15H21ClN2O2S. The van der Waals surface area contributed by atoms with Crippen LogP contribution in [0.2, 0.25) is 5.02 Å². The summed E-state index contributed by atoms with van der Waals surface area (Å²) in [6.45, 7) is 2.27. The van der Waals surface area contributed by atoms with E-state index in [-0.39, 0.29) is 6.03 Å². The molecule has 1 aliphatic heterocycles. The molecule has 0 bridgehead atoms. The molecule has 2 rings (SSSR count). The molecule has 1 saturated heterocycles. The quantitative estimate of drug-likeness (QED) is 0.896. The lowest BCUT2D eigenvalue weighted by molar-refractivity contribution is 0.175. The second-order valence-electron chi connectivity index (χ2n) is 5.28. The van der Waals surface area contributed by atoms with Crippen molar-refractivity contribution < 1.29 is 9.53 Å². The molecule has 116 valence electrons. The van der Waals surface area contributed by atoms with Crippen molar-refractivity contribution in [1.82, 2.24) is 4.90 Å². The lowest BCUT2D eigenvalue weighted by atomic mass is 10.1. The Morgan fingerprint density at radius 1 is 1.57 bits per heavy atom. The smallest absolute Gasteiger partial charge is 0.321 e. The van der Waals surface area contributed by atoms with Gasteiger partial charge in [-0.2, -0.15) is 11.8 Å². The van der Waals surface area contributed by atoms with Gasteiger partial charge in [-0.3, -0.25) is 0 Å². The van der Waals surface area contributed by atoms with E-state index in [1.807, 2.05) is 31.5 Å². The number of halogens is 1. The highest BCUT2D eigenvalue weighted by Gasteiger charge is 2.20. The molecule has 1 N–H and O–H groups in total. The molecule has 1 aromatic carbocycles. The summed E-state index contributed by atoms with van der Waals surface area (Å²) in [4.78, 5) is 13.9. The van der Waals surface area contributed by atoms with Crippen LogP contribution in [0.4, 0.5) is 10.5 Å². The number of ether oxygens (including phenoxy) is 1. The van der Waals surface area contributed by atoms with Crippen LogP contribution in [0.3, 0.4) is 0 Å². The third-order valence-electron chi connectivity index (χ3n) is 3.50. The molecule has 1 aliphatic rings. The number of amides is 2. The van der Waals surface area contributed by atoms with E-state index in [9.17, 15) is 4.79 Å². The van der Waals surface area contributed by atoms with E-state index in [2.05, 4.69) is 5.32 Å². The Labute approximate surface area is 135 Å². The number of benzene rings is 1. The van der Waals surface area contributed by atoms with Gasteiger partial charge in [0.1, 0.15) is 0 Å². The lowest BCUT2D eigenvalue weighted by Crippen LogP contribution is -2.35. The maximum atomic E-state index is 12.2. The molecule has 1 heterocycles. The topological polar surface area (TPSA) is 41.6 Å². The molecule has 0 unspecified atom stereocenters. The minimum atomic E-state index is -0.0978. The van der Waals surface area contributed by atoms with E-state index >= 15 is 0 Å². The summed E-state index contributed by atoms with van der Waals surface area (Å²) >= 11 is 7.84. The highest BCUT2D eigenvalue weighted by atomic mass is 35.5. The van der Waals surface area contributed by atoms with Crippen molar-refractivity contribution in [3.05, 3.63) is 28.8 Å². The van der Waals surface area contributed by atoms with E-state index in [1.54, 1.807) is 16.7 Å². The summed E-state index contributed by atoms with van der Waals surface area (Å²) in [7, 11) is 1.81. The molecule has 0 radical (unpaired) electrons. The van der Waals surface area contributed by atoms with Gasteiger partial charge in [-0.15, -0.1) is 0 Å². The Bertz CT molecular complexity index is 493. The second kappa shape index (κ2) is 7.92. The van der Waals surface area contributed by atoms with Gasteiger partial charge in [0, 0.05) is 42.6 Å². The van der Waals surface area contributed by atoms with E-state index in [0.29, 0.717) is 5.92 Å². The van der Waals surface area contributed by atoms with Gasteiger partial charge in [-0.1, -0.05) is 11.6 Å². The molecule has 1 aromatic rings. The molecule has 0 aliphatic carbocycles. The van der Waals surface area contributed by atoms with Gasteiger partial charge in [0.05, 0.1) is 6.61 Å². The van der Waals surface area contributed by atoms with Crippen LogP contribution < -0.4 is 5.32 Å². The van der Waals surface area contributed by atoms with Gasteiger partial charge >= 0.3 is 6.03 Å². The van der Waals surface area contributed by atoms with Crippen LogP contribution in [0.5, 0.6) is 0 Å². The molecule has 1 fully saturated rings. The first-order valence-corrected chi connectivity index (χ1v) is 8.74. The number of carbonyl (C=O) groups excluding carboxylic acids is 1. The van der Waals surface area contributed by atoms with Gasteiger partial charge < -0.3 is 15.0 Å². The van der Waals surface area contributed by atoms with Crippen molar-refractivity contribution in [2.45, 2.75) is 12.2 Å². The Morgan fingerprint density at radius 3 is 3.05 bits per heavy atom. The molecular weight excluding hydrogens is 308 g/mol. The maximum Gasteiger partial charge on any atom is 0.321 e. The first-order chi connectivity index (χ1) is 10.1. The molecule has 21 heavy (non-hydrogen) atoms. The second-order valence-corrected chi connectivity index (χ2v) is 6.55. The fourth-order valence-electron chi connectivity index (χ4n) is 2.34. The lowest BCUT2D eigenvalue weighted by Gasteiger charge is -2.21. The van der Waals surface area contributed by atoms with Crippen LogP contribution in [0.1, 0.15) is 12.0 Å². The first kappa shape index (κ1) is 16.5. The number of urea groups is 1.